The number of hydrogen-bond acceptors (Lipinski definition) is 5. The van der Waals surface area contributed by atoms with E-state index in [-0.39, 0.29) is 24.1 Å². The summed E-state index contributed by atoms with van der Waals surface area (Å²) in [6, 6.07) is 14.2. The second kappa shape index (κ2) is 7.67. The number of aromatic amines is 1. The molecule has 0 aliphatic heterocycles. The highest BCUT2D eigenvalue weighted by molar-refractivity contribution is 5.94. The smallest absolute Gasteiger partial charge is 0.258 e. The van der Waals surface area contributed by atoms with E-state index < -0.39 is 0 Å². The van der Waals surface area contributed by atoms with E-state index in [1.807, 2.05) is 32.0 Å². The number of H-pyrrole nitrogens is 1. The summed E-state index contributed by atoms with van der Waals surface area (Å²) in [5.41, 5.74) is 1.76. The van der Waals surface area contributed by atoms with Crippen LogP contribution in [0.15, 0.2) is 66.0 Å². The Morgan fingerprint density at radius 2 is 1.90 bits per heavy atom. The van der Waals surface area contributed by atoms with Gasteiger partial charge in [-0.15, -0.1) is 0 Å². The SMILES string of the molecule is CC(C)N(Cc1nc2ccccc2c(=O)[nH]1)C(=O)c1ccc(-n2cncn2)cc1. The lowest BCUT2D eigenvalue weighted by Crippen LogP contribution is -2.37. The number of fused-ring (bicyclic) bond motifs is 1. The van der Waals surface area contributed by atoms with E-state index in [1.165, 1.54) is 6.33 Å². The van der Waals surface area contributed by atoms with E-state index >= 15 is 0 Å². The zero-order valence-corrected chi connectivity index (χ0v) is 16.1. The molecule has 0 atom stereocenters. The fourth-order valence-corrected chi connectivity index (χ4v) is 3.12. The van der Waals surface area contributed by atoms with Crippen LogP contribution in [0.2, 0.25) is 0 Å². The monoisotopic (exact) mass is 388 g/mol. The molecule has 2 aromatic heterocycles. The zero-order valence-electron chi connectivity index (χ0n) is 16.1. The van der Waals surface area contributed by atoms with E-state index in [0.29, 0.717) is 22.3 Å². The van der Waals surface area contributed by atoms with E-state index in [1.54, 1.807) is 46.2 Å². The minimum Gasteiger partial charge on any atom is -0.329 e. The van der Waals surface area contributed by atoms with Crippen LogP contribution in [0.4, 0.5) is 0 Å². The van der Waals surface area contributed by atoms with E-state index in [4.69, 9.17) is 0 Å². The molecule has 0 unspecified atom stereocenters. The molecule has 4 aromatic rings. The van der Waals surface area contributed by atoms with Crippen molar-refractivity contribution >= 4 is 16.8 Å². The number of nitrogens with one attached hydrogen (secondary N) is 1. The van der Waals surface area contributed by atoms with Gasteiger partial charge in [0.2, 0.25) is 0 Å². The molecule has 1 N–H and O–H groups in total. The molecular formula is C21H20N6O2. The number of benzene rings is 2. The third-order valence-electron chi connectivity index (χ3n) is 4.66. The Kier molecular flexibility index (Phi) is 4.90. The maximum absolute atomic E-state index is 13.1. The van der Waals surface area contributed by atoms with Crippen LogP contribution in [-0.2, 0) is 6.54 Å². The molecule has 0 bridgehead atoms. The predicted molar refractivity (Wildman–Crippen MR) is 109 cm³/mol. The van der Waals surface area contributed by atoms with Crippen LogP contribution in [0.1, 0.15) is 30.0 Å². The quantitative estimate of drug-likeness (QED) is 0.567. The molecule has 0 radical (unpaired) electrons. The highest BCUT2D eigenvalue weighted by atomic mass is 16.2. The summed E-state index contributed by atoms with van der Waals surface area (Å²) < 4.78 is 1.62. The Morgan fingerprint density at radius 3 is 2.59 bits per heavy atom. The Balaban J connectivity index is 1.61. The lowest BCUT2D eigenvalue weighted by atomic mass is 10.1. The van der Waals surface area contributed by atoms with Gasteiger partial charge in [-0.3, -0.25) is 9.59 Å². The lowest BCUT2D eigenvalue weighted by Gasteiger charge is -2.26. The highest BCUT2D eigenvalue weighted by Crippen LogP contribution is 2.15. The minimum absolute atomic E-state index is 0.0748. The average Bonchev–Trinajstić information content (AvgIpc) is 3.26. The van der Waals surface area contributed by atoms with Crippen LogP contribution in [0, 0.1) is 0 Å². The van der Waals surface area contributed by atoms with Crippen molar-refractivity contribution in [3.63, 3.8) is 0 Å². The summed E-state index contributed by atoms with van der Waals surface area (Å²) >= 11 is 0. The number of amides is 1. The Bertz CT molecular complexity index is 1200. The third kappa shape index (κ3) is 3.77. The third-order valence-corrected chi connectivity index (χ3v) is 4.66. The first-order valence-corrected chi connectivity index (χ1v) is 9.27. The van der Waals surface area contributed by atoms with Gasteiger partial charge in [-0.05, 0) is 50.2 Å². The first-order valence-electron chi connectivity index (χ1n) is 9.27. The summed E-state index contributed by atoms with van der Waals surface area (Å²) in [5.74, 6) is 0.316. The van der Waals surface area contributed by atoms with Crippen molar-refractivity contribution in [1.82, 2.24) is 29.6 Å². The fourth-order valence-electron chi connectivity index (χ4n) is 3.12. The molecule has 0 fully saturated rings. The molecule has 4 rings (SSSR count). The van der Waals surface area contributed by atoms with Crippen LogP contribution in [0.5, 0.6) is 0 Å². The molecule has 0 aliphatic rings. The fraction of sp³-hybridized carbons (Fsp3) is 0.190. The molecule has 29 heavy (non-hydrogen) atoms. The number of para-hydroxylation sites is 1. The zero-order chi connectivity index (χ0) is 20.4. The lowest BCUT2D eigenvalue weighted by molar-refractivity contribution is 0.0685. The maximum Gasteiger partial charge on any atom is 0.258 e. The Labute approximate surface area is 166 Å². The molecule has 0 saturated carbocycles. The van der Waals surface area contributed by atoms with Gasteiger partial charge in [0.25, 0.3) is 11.5 Å². The number of carbonyl (C=O) groups is 1. The number of nitrogens with zero attached hydrogens (tertiary/aromatic N) is 5. The van der Waals surface area contributed by atoms with Gasteiger partial charge in [0.1, 0.15) is 18.5 Å². The van der Waals surface area contributed by atoms with Gasteiger partial charge in [-0.25, -0.2) is 14.6 Å². The van der Waals surface area contributed by atoms with Crippen LogP contribution in [0.3, 0.4) is 0 Å². The molecular weight excluding hydrogens is 368 g/mol. The van der Waals surface area contributed by atoms with E-state index in [2.05, 4.69) is 20.1 Å². The maximum atomic E-state index is 13.1. The molecule has 0 spiro atoms. The van der Waals surface area contributed by atoms with Crippen molar-refractivity contribution in [3.05, 3.63) is 82.9 Å². The molecule has 8 nitrogen and oxygen atoms in total. The Morgan fingerprint density at radius 1 is 1.14 bits per heavy atom. The molecule has 2 aromatic carbocycles. The molecule has 2 heterocycles. The van der Waals surface area contributed by atoms with Gasteiger partial charge in [0.15, 0.2) is 0 Å². The van der Waals surface area contributed by atoms with Crippen molar-refractivity contribution in [2.45, 2.75) is 26.4 Å². The molecule has 0 aliphatic carbocycles. The normalized spacial score (nSPS) is 11.1. The van der Waals surface area contributed by atoms with Gasteiger partial charge in [-0.2, -0.15) is 5.10 Å². The first kappa shape index (κ1) is 18.5. The first-order chi connectivity index (χ1) is 14.0. The van der Waals surface area contributed by atoms with Crippen molar-refractivity contribution in [2.75, 3.05) is 0 Å². The molecule has 146 valence electrons. The summed E-state index contributed by atoms with van der Waals surface area (Å²) in [6.07, 6.45) is 3.05. The Hall–Kier alpha value is -3.81. The van der Waals surface area contributed by atoms with Crippen LogP contribution >= 0.6 is 0 Å². The minimum atomic E-state index is -0.209. The van der Waals surface area contributed by atoms with Crippen LogP contribution < -0.4 is 5.56 Å². The summed E-state index contributed by atoms with van der Waals surface area (Å²) in [7, 11) is 0. The number of rotatable bonds is 5. The molecule has 8 heteroatoms. The van der Waals surface area contributed by atoms with Crippen LogP contribution in [0.25, 0.3) is 16.6 Å². The summed E-state index contributed by atoms with van der Waals surface area (Å²) in [6.45, 7) is 4.07. The molecule has 1 amide bonds. The summed E-state index contributed by atoms with van der Waals surface area (Å²) in [4.78, 5) is 38.3. The van der Waals surface area contributed by atoms with Gasteiger partial charge in [0.05, 0.1) is 23.1 Å². The van der Waals surface area contributed by atoms with Gasteiger partial charge in [0, 0.05) is 11.6 Å². The topological polar surface area (TPSA) is 96.8 Å². The number of aromatic nitrogens is 5. The number of hydrogen-bond donors (Lipinski definition) is 1. The van der Waals surface area contributed by atoms with E-state index in [0.717, 1.165) is 5.69 Å². The average molecular weight is 388 g/mol. The standard InChI is InChI=1S/C21H20N6O2/c1-14(2)26(11-19-24-18-6-4-3-5-17(18)20(28)25-19)21(29)15-7-9-16(10-8-15)27-13-22-12-23-27/h3-10,12-14H,11H2,1-2H3,(H,24,25,28). The predicted octanol–water partition coefficient (Wildman–Crippen LogP) is 2.55. The second-order valence-corrected chi connectivity index (χ2v) is 6.94. The van der Waals surface area contributed by atoms with Crippen molar-refractivity contribution in [3.8, 4) is 5.69 Å². The highest BCUT2D eigenvalue weighted by Gasteiger charge is 2.20. The van der Waals surface area contributed by atoms with Crippen molar-refractivity contribution < 1.29 is 4.79 Å². The van der Waals surface area contributed by atoms with Crippen molar-refractivity contribution in [1.29, 1.82) is 0 Å². The van der Waals surface area contributed by atoms with Gasteiger partial charge >= 0.3 is 0 Å². The van der Waals surface area contributed by atoms with Crippen molar-refractivity contribution in [2.24, 2.45) is 0 Å². The van der Waals surface area contributed by atoms with E-state index in [9.17, 15) is 9.59 Å². The van der Waals surface area contributed by atoms with Crippen LogP contribution in [-0.4, -0.2) is 41.6 Å². The molecule has 0 saturated heterocycles. The summed E-state index contributed by atoms with van der Waals surface area (Å²) in [5, 5.41) is 4.61. The second-order valence-electron chi connectivity index (χ2n) is 6.94. The van der Waals surface area contributed by atoms with Gasteiger partial charge in [-0.1, -0.05) is 12.1 Å². The largest absolute Gasteiger partial charge is 0.329 e. The number of carbonyl (C=O) groups excluding carboxylic acids is 1. The van der Waals surface area contributed by atoms with Gasteiger partial charge < -0.3 is 9.88 Å².